The van der Waals surface area contributed by atoms with E-state index in [1.54, 1.807) is 18.2 Å². The molecule has 2 N–H and O–H groups in total. The first-order chi connectivity index (χ1) is 9.17. The Morgan fingerprint density at radius 2 is 2.16 bits per heavy atom. The Morgan fingerprint density at radius 3 is 2.79 bits per heavy atom. The Kier molecular flexibility index (Phi) is 3.81. The molecule has 1 aromatic carbocycles. The first kappa shape index (κ1) is 13.1. The van der Waals surface area contributed by atoms with Crippen LogP contribution in [0.25, 0.3) is 0 Å². The lowest BCUT2D eigenvalue weighted by molar-refractivity contribution is 0.585. The van der Waals surface area contributed by atoms with Crippen molar-refractivity contribution in [3.05, 3.63) is 46.9 Å². The summed E-state index contributed by atoms with van der Waals surface area (Å²) in [4.78, 5) is 0. The standard InChI is InChI=1S/C14H15FN4/c1-2-5-13-11(8-16)14(17)19(18-13)9-10-6-3-4-7-12(10)15/h3-4,6-7H,2,5,9,17H2,1H3. The second kappa shape index (κ2) is 5.53. The monoisotopic (exact) mass is 258 g/mol. The van der Waals surface area contributed by atoms with E-state index < -0.39 is 0 Å². The van der Waals surface area contributed by atoms with E-state index >= 15 is 0 Å². The van der Waals surface area contributed by atoms with Gasteiger partial charge in [0.15, 0.2) is 0 Å². The molecule has 0 saturated carbocycles. The van der Waals surface area contributed by atoms with Gasteiger partial charge in [-0.1, -0.05) is 31.5 Å². The summed E-state index contributed by atoms with van der Waals surface area (Å²) in [6, 6.07) is 8.54. The maximum atomic E-state index is 13.6. The predicted molar refractivity (Wildman–Crippen MR) is 70.9 cm³/mol. The first-order valence-corrected chi connectivity index (χ1v) is 6.16. The molecule has 0 unspecified atom stereocenters. The number of anilines is 1. The molecule has 0 radical (unpaired) electrons. The fraction of sp³-hybridized carbons (Fsp3) is 0.286. The van der Waals surface area contributed by atoms with Crippen molar-refractivity contribution in [2.75, 3.05) is 5.73 Å². The van der Waals surface area contributed by atoms with Crippen molar-refractivity contribution in [2.45, 2.75) is 26.3 Å². The maximum absolute atomic E-state index is 13.6. The number of nitrogens with zero attached hydrogens (tertiary/aromatic N) is 3. The maximum Gasteiger partial charge on any atom is 0.140 e. The molecule has 0 amide bonds. The van der Waals surface area contributed by atoms with E-state index in [1.165, 1.54) is 10.7 Å². The zero-order valence-corrected chi connectivity index (χ0v) is 10.7. The van der Waals surface area contributed by atoms with Crippen LogP contribution in [0.5, 0.6) is 0 Å². The summed E-state index contributed by atoms with van der Waals surface area (Å²) in [7, 11) is 0. The molecule has 1 aromatic heterocycles. The van der Waals surface area contributed by atoms with E-state index in [0.29, 0.717) is 29.1 Å². The molecule has 98 valence electrons. The van der Waals surface area contributed by atoms with Gasteiger partial charge in [-0.15, -0.1) is 0 Å². The van der Waals surface area contributed by atoms with Crippen molar-refractivity contribution in [1.29, 1.82) is 5.26 Å². The highest BCUT2D eigenvalue weighted by molar-refractivity contribution is 5.52. The zero-order chi connectivity index (χ0) is 13.8. The van der Waals surface area contributed by atoms with Gasteiger partial charge >= 0.3 is 0 Å². The predicted octanol–water partition coefficient (Wildman–Crippen LogP) is 2.48. The van der Waals surface area contributed by atoms with E-state index in [4.69, 9.17) is 11.0 Å². The number of hydrogen-bond donors (Lipinski definition) is 1. The van der Waals surface area contributed by atoms with E-state index in [0.717, 1.165) is 6.42 Å². The van der Waals surface area contributed by atoms with Gasteiger partial charge in [0.2, 0.25) is 0 Å². The van der Waals surface area contributed by atoms with E-state index in [-0.39, 0.29) is 12.4 Å². The topological polar surface area (TPSA) is 67.6 Å². The molecule has 2 aromatic rings. The van der Waals surface area contributed by atoms with Crippen LogP contribution in [0.4, 0.5) is 10.2 Å². The minimum atomic E-state index is -0.298. The third kappa shape index (κ3) is 2.58. The van der Waals surface area contributed by atoms with Crippen LogP contribution < -0.4 is 5.73 Å². The average Bonchev–Trinajstić information content (AvgIpc) is 2.69. The first-order valence-electron chi connectivity index (χ1n) is 6.16. The van der Waals surface area contributed by atoms with Gasteiger partial charge in [-0.05, 0) is 12.5 Å². The smallest absolute Gasteiger partial charge is 0.140 e. The molecule has 0 aliphatic heterocycles. The van der Waals surface area contributed by atoms with Crippen LogP contribution in [-0.4, -0.2) is 9.78 Å². The van der Waals surface area contributed by atoms with Crippen molar-refractivity contribution < 1.29 is 4.39 Å². The van der Waals surface area contributed by atoms with Gasteiger partial charge < -0.3 is 5.73 Å². The summed E-state index contributed by atoms with van der Waals surface area (Å²) < 4.78 is 15.1. The summed E-state index contributed by atoms with van der Waals surface area (Å²) in [5.41, 5.74) is 7.48. The van der Waals surface area contributed by atoms with Crippen LogP contribution in [-0.2, 0) is 13.0 Å². The Labute approximate surface area is 111 Å². The van der Waals surface area contributed by atoms with Crippen LogP contribution in [0.1, 0.15) is 30.2 Å². The molecule has 1 heterocycles. The third-order valence-electron chi connectivity index (χ3n) is 2.94. The number of nitriles is 1. The lowest BCUT2D eigenvalue weighted by Crippen LogP contribution is -2.07. The lowest BCUT2D eigenvalue weighted by Gasteiger charge is -2.05. The molecule has 0 spiro atoms. The SMILES string of the molecule is CCCc1nn(Cc2ccccc2F)c(N)c1C#N. The van der Waals surface area contributed by atoms with Crippen molar-refractivity contribution >= 4 is 5.82 Å². The van der Waals surface area contributed by atoms with Crippen LogP contribution in [0.15, 0.2) is 24.3 Å². The van der Waals surface area contributed by atoms with Crippen LogP contribution in [0, 0.1) is 17.1 Å². The van der Waals surface area contributed by atoms with Gasteiger partial charge in [0.1, 0.15) is 23.3 Å². The van der Waals surface area contributed by atoms with Crippen molar-refractivity contribution in [2.24, 2.45) is 0 Å². The van der Waals surface area contributed by atoms with E-state index in [9.17, 15) is 4.39 Å². The Bertz CT molecular complexity index is 625. The van der Waals surface area contributed by atoms with Crippen LogP contribution in [0.2, 0.25) is 0 Å². The average molecular weight is 258 g/mol. The summed E-state index contributed by atoms with van der Waals surface area (Å²) in [5.74, 6) is 0.00199. The zero-order valence-electron chi connectivity index (χ0n) is 10.7. The number of nitrogen functional groups attached to an aromatic ring is 1. The summed E-state index contributed by atoms with van der Waals surface area (Å²) in [5, 5.41) is 13.4. The Balaban J connectivity index is 2.36. The van der Waals surface area contributed by atoms with Gasteiger partial charge in [0, 0.05) is 5.56 Å². The number of benzene rings is 1. The second-order valence-electron chi connectivity index (χ2n) is 4.32. The molecular formula is C14H15FN4. The number of rotatable bonds is 4. The molecule has 0 atom stereocenters. The molecule has 0 aliphatic rings. The molecule has 4 nitrogen and oxygen atoms in total. The highest BCUT2D eigenvalue weighted by atomic mass is 19.1. The minimum Gasteiger partial charge on any atom is -0.383 e. The molecule has 5 heteroatoms. The summed E-state index contributed by atoms with van der Waals surface area (Å²) in [6.45, 7) is 2.24. The molecule has 0 aliphatic carbocycles. The highest BCUT2D eigenvalue weighted by Gasteiger charge is 2.15. The molecule has 0 bridgehead atoms. The Morgan fingerprint density at radius 1 is 1.42 bits per heavy atom. The number of aromatic nitrogens is 2. The second-order valence-corrected chi connectivity index (χ2v) is 4.32. The number of halogens is 1. The van der Waals surface area contributed by atoms with E-state index in [1.807, 2.05) is 6.92 Å². The number of hydrogen-bond acceptors (Lipinski definition) is 3. The molecular weight excluding hydrogens is 243 g/mol. The lowest BCUT2D eigenvalue weighted by atomic mass is 10.1. The Hall–Kier alpha value is -2.35. The molecule has 0 saturated heterocycles. The normalized spacial score (nSPS) is 10.4. The van der Waals surface area contributed by atoms with Gasteiger partial charge in [-0.25, -0.2) is 9.07 Å². The van der Waals surface area contributed by atoms with Gasteiger partial charge in [-0.2, -0.15) is 10.4 Å². The minimum absolute atomic E-state index is 0.233. The number of nitrogens with two attached hydrogens (primary N) is 1. The van der Waals surface area contributed by atoms with E-state index in [2.05, 4.69) is 11.2 Å². The quantitative estimate of drug-likeness (QED) is 0.916. The molecule has 19 heavy (non-hydrogen) atoms. The van der Waals surface area contributed by atoms with Crippen LogP contribution >= 0.6 is 0 Å². The summed E-state index contributed by atoms with van der Waals surface area (Å²) in [6.07, 6.45) is 1.57. The number of aryl methyl sites for hydroxylation is 1. The van der Waals surface area contributed by atoms with Gasteiger partial charge in [0.25, 0.3) is 0 Å². The molecule has 2 rings (SSSR count). The van der Waals surface area contributed by atoms with Crippen molar-refractivity contribution in [3.63, 3.8) is 0 Å². The van der Waals surface area contributed by atoms with Gasteiger partial charge in [0.05, 0.1) is 12.2 Å². The van der Waals surface area contributed by atoms with Crippen molar-refractivity contribution in [3.8, 4) is 6.07 Å². The highest BCUT2D eigenvalue weighted by Crippen LogP contribution is 2.19. The summed E-state index contributed by atoms with van der Waals surface area (Å²) >= 11 is 0. The molecule has 0 fully saturated rings. The fourth-order valence-corrected chi connectivity index (χ4v) is 1.97. The fourth-order valence-electron chi connectivity index (χ4n) is 1.97. The largest absolute Gasteiger partial charge is 0.383 e. The van der Waals surface area contributed by atoms with Crippen LogP contribution in [0.3, 0.4) is 0 Å². The van der Waals surface area contributed by atoms with Crippen molar-refractivity contribution in [1.82, 2.24) is 9.78 Å². The third-order valence-corrected chi connectivity index (χ3v) is 2.94. The van der Waals surface area contributed by atoms with Gasteiger partial charge in [-0.3, -0.25) is 0 Å².